The van der Waals surface area contributed by atoms with Crippen LogP contribution in [0.1, 0.15) is 42.5 Å². The Morgan fingerprint density at radius 3 is 2.95 bits per heavy atom. The highest BCUT2D eigenvalue weighted by Crippen LogP contribution is 2.13. The maximum atomic E-state index is 11.7. The monoisotopic (exact) mass is 339 g/mol. The highest BCUT2D eigenvalue weighted by Gasteiger charge is 2.15. The van der Waals surface area contributed by atoms with Gasteiger partial charge in [-0.3, -0.25) is 4.79 Å². The van der Waals surface area contributed by atoms with Crippen molar-refractivity contribution >= 4 is 42.1 Å². The minimum absolute atomic E-state index is 0. The smallest absolute Gasteiger partial charge is 0.220 e. The van der Waals surface area contributed by atoms with E-state index in [1.165, 1.54) is 17.7 Å². The largest absolute Gasteiger partial charge is 0.350 e. The minimum Gasteiger partial charge on any atom is -0.350 e. The Labute approximate surface area is 137 Å². The second-order valence-electron chi connectivity index (χ2n) is 4.68. The summed E-state index contributed by atoms with van der Waals surface area (Å²) in [7, 11) is 0. The molecule has 0 aliphatic carbocycles. The molecule has 7 heteroatoms. The first-order valence-corrected chi connectivity index (χ1v) is 7.53. The van der Waals surface area contributed by atoms with Crippen molar-refractivity contribution < 1.29 is 4.79 Å². The number of carbonyl (C=O) groups excluding carboxylic acids is 1. The fraction of sp³-hybridized carbons (Fsp3) is 0.692. The van der Waals surface area contributed by atoms with Gasteiger partial charge in [0.15, 0.2) is 0 Å². The van der Waals surface area contributed by atoms with Crippen LogP contribution in [-0.2, 0) is 17.8 Å². The molecule has 1 aliphatic rings. The van der Waals surface area contributed by atoms with E-state index in [2.05, 4.69) is 22.5 Å². The van der Waals surface area contributed by atoms with E-state index < -0.39 is 0 Å². The number of aromatic nitrogens is 1. The molecule has 1 amide bonds. The highest BCUT2D eigenvalue weighted by atomic mass is 35.5. The molecule has 116 valence electrons. The molecule has 0 radical (unpaired) electrons. The van der Waals surface area contributed by atoms with Crippen LogP contribution in [0.3, 0.4) is 0 Å². The van der Waals surface area contributed by atoms with E-state index in [1.54, 1.807) is 11.3 Å². The van der Waals surface area contributed by atoms with Gasteiger partial charge in [0.1, 0.15) is 5.01 Å². The van der Waals surface area contributed by atoms with Gasteiger partial charge in [0.05, 0.1) is 6.54 Å². The molecule has 1 atom stereocenters. The van der Waals surface area contributed by atoms with Gasteiger partial charge in [-0.05, 0) is 32.2 Å². The summed E-state index contributed by atoms with van der Waals surface area (Å²) in [6.45, 7) is 3.79. The molecule has 4 nitrogen and oxygen atoms in total. The van der Waals surface area contributed by atoms with Crippen molar-refractivity contribution in [3.63, 3.8) is 0 Å². The molecule has 1 unspecified atom stereocenters. The first-order chi connectivity index (χ1) is 8.78. The predicted octanol–water partition coefficient (Wildman–Crippen LogP) is 2.70. The Morgan fingerprint density at radius 1 is 1.55 bits per heavy atom. The molecular formula is C13H23Cl2N3OS. The molecule has 0 bridgehead atoms. The van der Waals surface area contributed by atoms with Crippen LogP contribution in [-0.4, -0.2) is 23.5 Å². The molecule has 1 aromatic heterocycles. The van der Waals surface area contributed by atoms with E-state index in [9.17, 15) is 4.79 Å². The van der Waals surface area contributed by atoms with Crippen LogP contribution in [0.2, 0.25) is 0 Å². The predicted molar refractivity (Wildman–Crippen MR) is 88.1 cm³/mol. The average Bonchev–Trinajstić information content (AvgIpc) is 3.04. The number of halogens is 2. The fourth-order valence-electron chi connectivity index (χ4n) is 2.16. The lowest BCUT2D eigenvalue weighted by molar-refractivity contribution is -0.121. The molecule has 1 fully saturated rings. The van der Waals surface area contributed by atoms with Gasteiger partial charge in [-0.15, -0.1) is 36.2 Å². The first-order valence-electron chi connectivity index (χ1n) is 6.71. The Kier molecular flexibility index (Phi) is 10.2. The van der Waals surface area contributed by atoms with Crippen LogP contribution in [0.5, 0.6) is 0 Å². The van der Waals surface area contributed by atoms with Gasteiger partial charge in [0, 0.05) is 23.5 Å². The number of thiazole rings is 1. The lowest BCUT2D eigenvalue weighted by atomic mass is 10.1. The van der Waals surface area contributed by atoms with E-state index in [0.717, 1.165) is 24.4 Å². The molecule has 2 heterocycles. The second-order valence-corrected chi connectivity index (χ2v) is 5.88. The first kappa shape index (κ1) is 19.6. The summed E-state index contributed by atoms with van der Waals surface area (Å²) in [5.41, 5.74) is 0. The van der Waals surface area contributed by atoms with Crippen LogP contribution in [0.4, 0.5) is 0 Å². The van der Waals surface area contributed by atoms with Gasteiger partial charge >= 0.3 is 0 Å². The number of carbonyl (C=O) groups is 1. The number of amides is 1. The Bertz CT molecular complexity index is 395. The number of hydrogen-bond donors (Lipinski definition) is 2. The fourth-order valence-corrected chi connectivity index (χ4v) is 2.97. The van der Waals surface area contributed by atoms with Gasteiger partial charge in [-0.1, -0.05) is 6.92 Å². The molecule has 1 aromatic rings. The molecule has 20 heavy (non-hydrogen) atoms. The molecule has 2 rings (SSSR count). The van der Waals surface area contributed by atoms with Crippen LogP contribution < -0.4 is 10.6 Å². The number of nitrogens with one attached hydrogen (secondary N) is 2. The van der Waals surface area contributed by atoms with Crippen molar-refractivity contribution in [2.75, 3.05) is 6.54 Å². The minimum atomic E-state index is 0. The second kappa shape index (κ2) is 10.4. The summed E-state index contributed by atoms with van der Waals surface area (Å²) < 4.78 is 0. The van der Waals surface area contributed by atoms with Gasteiger partial charge in [-0.25, -0.2) is 4.98 Å². The van der Waals surface area contributed by atoms with E-state index >= 15 is 0 Å². The average molecular weight is 340 g/mol. The third-order valence-electron chi connectivity index (χ3n) is 3.27. The van der Waals surface area contributed by atoms with Crippen molar-refractivity contribution in [2.45, 2.75) is 51.6 Å². The highest BCUT2D eigenvalue weighted by molar-refractivity contribution is 7.11. The summed E-state index contributed by atoms with van der Waals surface area (Å²) in [4.78, 5) is 17.2. The Hall–Kier alpha value is -0.360. The van der Waals surface area contributed by atoms with Gasteiger partial charge in [0.25, 0.3) is 0 Å². The Morgan fingerprint density at radius 2 is 2.35 bits per heavy atom. The normalized spacial score (nSPS) is 17.1. The quantitative estimate of drug-likeness (QED) is 0.837. The van der Waals surface area contributed by atoms with Gasteiger partial charge in [-0.2, -0.15) is 0 Å². The van der Waals surface area contributed by atoms with Crippen molar-refractivity contribution in [1.29, 1.82) is 0 Å². The molecule has 1 aliphatic heterocycles. The lowest BCUT2D eigenvalue weighted by Gasteiger charge is -2.09. The Balaban J connectivity index is 0.00000180. The summed E-state index contributed by atoms with van der Waals surface area (Å²) in [6, 6.07) is 0.544. The van der Waals surface area contributed by atoms with Crippen LogP contribution >= 0.6 is 36.2 Å². The molecular weight excluding hydrogens is 317 g/mol. The summed E-state index contributed by atoms with van der Waals surface area (Å²) in [5, 5.41) is 7.35. The summed E-state index contributed by atoms with van der Waals surface area (Å²) in [5.74, 6) is 0.136. The molecule has 0 saturated carbocycles. The third kappa shape index (κ3) is 6.39. The summed E-state index contributed by atoms with van der Waals surface area (Å²) in [6.07, 6.45) is 6.92. The van der Waals surface area contributed by atoms with Crippen molar-refractivity contribution in [3.8, 4) is 0 Å². The molecule has 0 aromatic carbocycles. The zero-order valence-corrected chi connectivity index (χ0v) is 14.1. The lowest BCUT2D eigenvalue weighted by Crippen LogP contribution is -2.27. The third-order valence-corrected chi connectivity index (χ3v) is 4.41. The molecule has 1 saturated heterocycles. The topological polar surface area (TPSA) is 54.0 Å². The van der Waals surface area contributed by atoms with Crippen molar-refractivity contribution in [1.82, 2.24) is 15.6 Å². The van der Waals surface area contributed by atoms with Crippen LogP contribution in [0.25, 0.3) is 0 Å². The number of hydrogen-bond acceptors (Lipinski definition) is 4. The maximum absolute atomic E-state index is 11.7. The maximum Gasteiger partial charge on any atom is 0.220 e. The van der Waals surface area contributed by atoms with Gasteiger partial charge in [0.2, 0.25) is 5.91 Å². The number of rotatable bonds is 6. The zero-order chi connectivity index (χ0) is 12.8. The number of nitrogens with zero attached hydrogens (tertiary/aromatic N) is 1. The van der Waals surface area contributed by atoms with E-state index in [1.807, 2.05) is 6.20 Å². The van der Waals surface area contributed by atoms with Gasteiger partial charge < -0.3 is 10.6 Å². The molecule has 2 N–H and O–H groups in total. The SMILES string of the molecule is CCc1cnc(CNC(=O)CCC2CCCN2)s1.Cl.Cl. The summed E-state index contributed by atoms with van der Waals surface area (Å²) >= 11 is 1.68. The van der Waals surface area contributed by atoms with Crippen LogP contribution in [0, 0.1) is 0 Å². The zero-order valence-electron chi connectivity index (χ0n) is 11.7. The van der Waals surface area contributed by atoms with Crippen LogP contribution in [0.15, 0.2) is 6.20 Å². The van der Waals surface area contributed by atoms with Crippen molar-refractivity contribution in [2.24, 2.45) is 0 Å². The van der Waals surface area contributed by atoms with Crippen molar-refractivity contribution in [3.05, 3.63) is 16.1 Å². The standard InChI is InChI=1S/C13H21N3OS.2ClH/c1-2-11-8-16-13(18-11)9-15-12(17)6-5-10-4-3-7-14-10;;/h8,10,14H,2-7,9H2,1H3,(H,15,17);2*1H. The number of aryl methyl sites for hydroxylation is 1. The molecule has 0 spiro atoms. The van der Waals surface area contributed by atoms with E-state index in [-0.39, 0.29) is 30.7 Å². The van der Waals surface area contributed by atoms with E-state index in [4.69, 9.17) is 0 Å². The van der Waals surface area contributed by atoms with E-state index in [0.29, 0.717) is 19.0 Å².